The molecule has 0 saturated carbocycles. The molecule has 0 spiro atoms. The molecule has 0 bridgehead atoms. The maximum atomic E-state index is 10.8. The molecular formula is C10H21N3O2. The third-order valence-electron chi connectivity index (χ3n) is 2.54. The van der Waals surface area contributed by atoms with Gasteiger partial charge in [0, 0.05) is 31.2 Å². The van der Waals surface area contributed by atoms with Crippen molar-refractivity contribution in [1.82, 2.24) is 10.2 Å². The zero-order valence-electron chi connectivity index (χ0n) is 9.49. The van der Waals surface area contributed by atoms with Crippen LogP contribution in [0.4, 0.5) is 4.79 Å². The molecule has 0 aromatic carbocycles. The largest absolute Gasteiger partial charge is 0.465 e. The van der Waals surface area contributed by atoms with Crippen molar-refractivity contribution in [3.8, 4) is 0 Å². The zero-order valence-corrected chi connectivity index (χ0v) is 9.49. The number of carbonyl (C=O) groups is 1. The number of nitrogens with zero attached hydrogens (tertiary/aromatic N) is 1. The molecule has 15 heavy (non-hydrogen) atoms. The average molecular weight is 215 g/mol. The summed E-state index contributed by atoms with van der Waals surface area (Å²) in [4.78, 5) is 12.2. The molecule has 1 fully saturated rings. The maximum Gasteiger partial charge on any atom is 0.407 e. The van der Waals surface area contributed by atoms with E-state index in [0.717, 1.165) is 12.8 Å². The Labute approximate surface area is 90.6 Å². The van der Waals surface area contributed by atoms with Crippen LogP contribution in [0.5, 0.6) is 0 Å². The summed E-state index contributed by atoms with van der Waals surface area (Å²) in [5.74, 6) is 0. The van der Waals surface area contributed by atoms with Crippen molar-refractivity contribution in [2.24, 2.45) is 5.73 Å². The molecule has 1 rings (SSSR count). The van der Waals surface area contributed by atoms with Gasteiger partial charge in [-0.05, 0) is 26.7 Å². The van der Waals surface area contributed by atoms with Gasteiger partial charge in [-0.2, -0.15) is 0 Å². The number of amides is 1. The van der Waals surface area contributed by atoms with Crippen LogP contribution < -0.4 is 11.1 Å². The Hall–Kier alpha value is -0.810. The fraction of sp³-hybridized carbons (Fsp3) is 0.900. The van der Waals surface area contributed by atoms with Gasteiger partial charge in [0.25, 0.3) is 0 Å². The summed E-state index contributed by atoms with van der Waals surface area (Å²) >= 11 is 0. The van der Waals surface area contributed by atoms with Gasteiger partial charge in [-0.15, -0.1) is 0 Å². The molecule has 1 aliphatic heterocycles. The molecule has 1 unspecified atom stereocenters. The molecule has 1 amide bonds. The molecular weight excluding hydrogens is 194 g/mol. The Morgan fingerprint density at radius 3 is 2.87 bits per heavy atom. The highest BCUT2D eigenvalue weighted by Crippen LogP contribution is 2.10. The number of hydrogen-bond acceptors (Lipinski definition) is 3. The van der Waals surface area contributed by atoms with Crippen LogP contribution in [0, 0.1) is 0 Å². The minimum absolute atomic E-state index is 0.245. The standard InChI is InChI=1S/C10H21N3O2/c1-10(2,11)7-12-8-4-3-5-13(6-8)9(14)15/h8,12H,3-7,11H2,1-2H3,(H,14,15). The first-order valence-corrected chi connectivity index (χ1v) is 5.38. The molecule has 5 nitrogen and oxygen atoms in total. The van der Waals surface area contributed by atoms with Gasteiger partial charge in [0.2, 0.25) is 0 Å². The molecule has 0 aromatic heterocycles. The predicted molar refractivity (Wildman–Crippen MR) is 58.9 cm³/mol. The van der Waals surface area contributed by atoms with Crippen molar-refractivity contribution in [2.75, 3.05) is 19.6 Å². The van der Waals surface area contributed by atoms with E-state index >= 15 is 0 Å². The Kier molecular flexibility index (Phi) is 3.93. The number of rotatable bonds is 3. The highest BCUT2D eigenvalue weighted by Gasteiger charge is 2.23. The van der Waals surface area contributed by atoms with Crippen LogP contribution in [0.3, 0.4) is 0 Å². The van der Waals surface area contributed by atoms with Gasteiger partial charge in [-0.1, -0.05) is 0 Å². The van der Waals surface area contributed by atoms with Crippen molar-refractivity contribution >= 4 is 6.09 Å². The number of hydrogen-bond donors (Lipinski definition) is 3. The maximum absolute atomic E-state index is 10.8. The van der Waals surface area contributed by atoms with Crippen molar-refractivity contribution in [1.29, 1.82) is 0 Å². The summed E-state index contributed by atoms with van der Waals surface area (Å²) in [5.41, 5.74) is 5.61. The van der Waals surface area contributed by atoms with E-state index in [-0.39, 0.29) is 11.6 Å². The third kappa shape index (κ3) is 4.48. The Morgan fingerprint density at radius 2 is 2.33 bits per heavy atom. The van der Waals surface area contributed by atoms with E-state index < -0.39 is 6.09 Å². The quantitative estimate of drug-likeness (QED) is 0.639. The van der Waals surface area contributed by atoms with Gasteiger partial charge in [0.1, 0.15) is 0 Å². The molecule has 0 aromatic rings. The molecule has 1 heterocycles. The summed E-state index contributed by atoms with van der Waals surface area (Å²) in [6.45, 7) is 5.85. The number of piperidine rings is 1. The summed E-state index contributed by atoms with van der Waals surface area (Å²) in [6, 6.07) is 0.248. The van der Waals surface area contributed by atoms with Gasteiger partial charge in [-0.3, -0.25) is 0 Å². The van der Waals surface area contributed by atoms with Crippen LogP contribution in [-0.2, 0) is 0 Å². The second-order valence-electron chi connectivity index (χ2n) is 4.94. The number of nitrogens with two attached hydrogens (primary N) is 1. The van der Waals surface area contributed by atoms with E-state index in [2.05, 4.69) is 5.32 Å². The van der Waals surface area contributed by atoms with Gasteiger partial charge >= 0.3 is 6.09 Å². The van der Waals surface area contributed by atoms with Gasteiger partial charge < -0.3 is 21.1 Å². The first-order valence-electron chi connectivity index (χ1n) is 5.38. The average Bonchev–Trinajstić information content (AvgIpc) is 2.14. The van der Waals surface area contributed by atoms with Crippen LogP contribution in [0.15, 0.2) is 0 Å². The van der Waals surface area contributed by atoms with E-state index in [1.165, 1.54) is 4.90 Å². The highest BCUT2D eigenvalue weighted by molar-refractivity contribution is 5.65. The molecule has 1 atom stereocenters. The number of carboxylic acid groups (broad SMARTS) is 1. The number of nitrogens with one attached hydrogen (secondary N) is 1. The van der Waals surface area contributed by atoms with Crippen LogP contribution in [0.2, 0.25) is 0 Å². The Morgan fingerprint density at radius 1 is 1.67 bits per heavy atom. The van der Waals surface area contributed by atoms with Crippen molar-refractivity contribution in [3.05, 3.63) is 0 Å². The van der Waals surface area contributed by atoms with Gasteiger partial charge in [0.05, 0.1) is 0 Å². The summed E-state index contributed by atoms with van der Waals surface area (Å²) in [6.07, 6.45) is 1.13. The molecule has 5 heteroatoms. The fourth-order valence-electron chi connectivity index (χ4n) is 1.72. The van der Waals surface area contributed by atoms with Crippen LogP contribution in [0.25, 0.3) is 0 Å². The Bertz CT molecular complexity index is 225. The molecule has 1 saturated heterocycles. The van der Waals surface area contributed by atoms with Crippen LogP contribution >= 0.6 is 0 Å². The SMILES string of the molecule is CC(C)(N)CNC1CCCN(C(=O)O)C1. The smallest absolute Gasteiger partial charge is 0.407 e. The third-order valence-corrected chi connectivity index (χ3v) is 2.54. The molecule has 4 N–H and O–H groups in total. The lowest BCUT2D eigenvalue weighted by atomic mass is 10.0. The minimum Gasteiger partial charge on any atom is -0.465 e. The van der Waals surface area contributed by atoms with Crippen molar-refractivity contribution in [2.45, 2.75) is 38.3 Å². The lowest BCUT2D eigenvalue weighted by Crippen LogP contribution is -2.52. The topological polar surface area (TPSA) is 78.6 Å². The second kappa shape index (κ2) is 4.81. The highest BCUT2D eigenvalue weighted by atomic mass is 16.4. The molecule has 88 valence electrons. The van der Waals surface area contributed by atoms with Gasteiger partial charge in [-0.25, -0.2) is 4.79 Å². The van der Waals surface area contributed by atoms with Crippen molar-refractivity contribution < 1.29 is 9.90 Å². The van der Waals surface area contributed by atoms with E-state index in [9.17, 15) is 4.79 Å². The fourth-order valence-corrected chi connectivity index (χ4v) is 1.72. The van der Waals surface area contributed by atoms with E-state index in [0.29, 0.717) is 19.6 Å². The zero-order chi connectivity index (χ0) is 11.5. The summed E-state index contributed by atoms with van der Waals surface area (Å²) < 4.78 is 0. The van der Waals surface area contributed by atoms with Crippen molar-refractivity contribution in [3.63, 3.8) is 0 Å². The van der Waals surface area contributed by atoms with Crippen LogP contribution in [-0.4, -0.2) is 47.3 Å². The van der Waals surface area contributed by atoms with E-state index in [1.807, 2.05) is 13.8 Å². The van der Waals surface area contributed by atoms with E-state index in [1.54, 1.807) is 0 Å². The van der Waals surface area contributed by atoms with Crippen LogP contribution in [0.1, 0.15) is 26.7 Å². The predicted octanol–water partition coefficient (Wildman–Crippen LogP) is 0.456. The molecule has 0 aliphatic carbocycles. The lowest BCUT2D eigenvalue weighted by molar-refractivity contribution is 0.125. The molecule has 1 aliphatic rings. The molecule has 0 radical (unpaired) electrons. The summed E-state index contributed by atoms with van der Waals surface area (Å²) in [7, 11) is 0. The number of likely N-dealkylation sites (tertiary alicyclic amines) is 1. The monoisotopic (exact) mass is 215 g/mol. The normalized spacial score (nSPS) is 22.9. The summed E-state index contributed by atoms with van der Waals surface area (Å²) in [5, 5.41) is 12.2. The first kappa shape index (κ1) is 12.3. The first-order chi connectivity index (χ1) is 6.88. The second-order valence-corrected chi connectivity index (χ2v) is 4.94. The minimum atomic E-state index is -0.825. The van der Waals surface area contributed by atoms with E-state index in [4.69, 9.17) is 10.8 Å². The lowest BCUT2D eigenvalue weighted by Gasteiger charge is -2.33. The Balaban J connectivity index is 2.34. The van der Waals surface area contributed by atoms with Gasteiger partial charge in [0.15, 0.2) is 0 Å².